The Morgan fingerprint density at radius 1 is 1.42 bits per heavy atom. The molecule has 1 heterocycles. The second-order valence-electron chi connectivity index (χ2n) is 4.97. The molecular formula is C13H19BrN2O2S. The van der Waals surface area contributed by atoms with E-state index in [1.54, 1.807) is 0 Å². The maximum Gasteiger partial charge on any atom is 0.209 e. The highest BCUT2D eigenvalue weighted by molar-refractivity contribution is 9.10. The van der Waals surface area contributed by atoms with Gasteiger partial charge >= 0.3 is 0 Å². The minimum Gasteiger partial charge on any atom is -0.296 e. The van der Waals surface area contributed by atoms with Crippen LogP contribution in [0.1, 0.15) is 30.9 Å². The highest BCUT2D eigenvalue weighted by Crippen LogP contribution is 2.32. The summed E-state index contributed by atoms with van der Waals surface area (Å²) in [6.45, 7) is 1.81. The summed E-state index contributed by atoms with van der Waals surface area (Å²) in [6.07, 6.45) is 2.89. The molecule has 0 saturated carbocycles. The molecule has 0 aliphatic carbocycles. The summed E-state index contributed by atoms with van der Waals surface area (Å²) in [6, 6.07) is 8.73. The van der Waals surface area contributed by atoms with Crippen molar-refractivity contribution in [1.82, 2.24) is 4.90 Å². The van der Waals surface area contributed by atoms with Crippen LogP contribution in [-0.2, 0) is 10.0 Å². The number of primary sulfonamides is 1. The zero-order chi connectivity index (χ0) is 13.9. The number of benzene rings is 1. The molecule has 1 atom stereocenters. The Morgan fingerprint density at radius 3 is 2.89 bits per heavy atom. The van der Waals surface area contributed by atoms with Crippen molar-refractivity contribution in [2.75, 3.05) is 18.8 Å². The van der Waals surface area contributed by atoms with Gasteiger partial charge in [-0.15, -0.1) is 0 Å². The molecule has 2 N–H and O–H groups in total. The summed E-state index contributed by atoms with van der Waals surface area (Å²) >= 11 is 3.49. The zero-order valence-electron chi connectivity index (χ0n) is 10.8. The Bertz CT molecular complexity index is 533. The van der Waals surface area contributed by atoms with E-state index in [0.29, 0.717) is 12.5 Å². The molecule has 1 aliphatic heterocycles. The smallest absolute Gasteiger partial charge is 0.209 e. The van der Waals surface area contributed by atoms with E-state index in [2.05, 4.69) is 33.0 Å². The first kappa shape index (κ1) is 15.0. The SMILES string of the molecule is NS(=O)(=O)CCCN1CCC[C@@H]1c1cccc(Br)c1. The number of likely N-dealkylation sites (tertiary alicyclic amines) is 1. The topological polar surface area (TPSA) is 63.4 Å². The standard InChI is InChI=1S/C13H19BrN2O2S/c14-12-5-1-4-11(10-12)13-6-2-7-16(13)8-3-9-19(15,17)18/h1,4-5,10,13H,2-3,6-9H2,(H2,15,17,18)/t13-/m1/s1. The Labute approximate surface area is 123 Å². The molecule has 0 bridgehead atoms. The van der Waals surface area contributed by atoms with Gasteiger partial charge in [0, 0.05) is 10.5 Å². The summed E-state index contributed by atoms with van der Waals surface area (Å²) in [4.78, 5) is 2.35. The van der Waals surface area contributed by atoms with Gasteiger partial charge < -0.3 is 0 Å². The Balaban J connectivity index is 1.97. The van der Waals surface area contributed by atoms with Crippen LogP contribution in [0.5, 0.6) is 0 Å². The minimum atomic E-state index is -3.34. The van der Waals surface area contributed by atoms with Gasteiger partial charge in [-0.25, -0.2) is 13.6 Å². The summed E-state index contributed by atoms with van der Waals surface area (Å²) in [5.74, 6) is 0.0642. The van der Waals surface area contributed by atoms with Crippen LogP contribution in [0.15, 0.2) is 28.7 Å². The molecule has 1 aromatic carbocycles. The molecule has 2 rings (SSSR count). The molecule has 1 fully saturated rings. The Kier molecular flexibility index (Phi) is 5.00. The highest BCUT2D eigenvalue weighted by Gasteiger charge is 2.25. The molecule has 4 nitrogen and oxygen atoms in total. The lowest BCUT2D eigenvalue weighted by molar-refractivity contribution is 0.258. The number of halogens is 1. The first-order valence-electron chi connectivity index (χ1n) is 6.46. The molecule has 0 radical (unpaired) electrons. The Morgan fingerprint density at radius 2 is 2.21 bits per heavy atom. The lowest BCUT2D eigenvalue weighted by Crippen LogP contribution is -2.27. The van der Waals surface area contributed by atoms with E-state index in [1.807, 2.05) is 12.1 Å². The van der Waals surface area contributed by atoms with Crippen LogP contribution in [-0.4, -0.2) is 32.2 Å². The molecule has 0 unspecified atom stereocenters. The number of hydrogen-bond donors (Lipinski definition) is 1. The summed E-state index contributed by atoms with van der Waals surface area (Å²) in [5, 5.41) is 5.03. The number of nitrogens with zero attached hydrogens (tertiary/aromatic N) is 1. The van der Waals surface area contributed by atoms with Crippen molar-refractivity contribution in [1.29, 1.82) is 0 Å². The van der Waals surface area contributed by atoms with Crippen molar-refractivity contribution >= 4 is 26.0 Å². The minimum absolute atomic E-state index is 0.0642. The quantitative estimate of drug-likeness (QED) is 0.889. The maximum atomic E-state index is 11.0. The van der Waals surface area contributed by atoms with E-state index in [4.69, 9.17) is 5.14 Å². The lowest BCUT2D eigenvalue weighted by Gasteiger charge is -2.24. The molecule has 0 aromatic heterocycles. The maximum absolute atomic E-state index is 11.0. The van der Waals surface area contributed by atoms with Crippen molar-refractivity contribution in [2.45, 2.75) is 25.3 Å². The van der Waals surface area contributed by atoms with E-state index in [-0.39, 0.29) is 5.75 Å². The van der Waals surface area contributed by atoms with Crippen LogP contribution < -0.4 is 5.14 Å². The third-order valence-electron chi connectivity index (χ3n) is 3.47. The summed E-state index contributed by atoms with van der Waals surface area (Å²) in [7, 11) is -3.34. The predicted molar refractivity (Wildman–Crippen MR) is 80.3 cm³/mol. The zero-order valence-corrected chi connectivity index (χ0v) is 13.2. The fraction of sp³-hybridized carbons (Fsp3) is 0.538. The van der Waals surface area contributed by atoms with Gasteiger partial charge in [0.15, 0.2) is 0 Å². The molecule has 1 aliphatic rings. The van der Waals surface area contributed by atoms with E-state index >= 15 is 0 Å². The molecule has 0 spiro atoms. The van der Waals surface area contributed by atoms with E-state index in [1.165, 1.54) is 5.56 Å². The molecular weight excluding hydrogens is 328 g/mol. The third-order valence-corrected chi connectivity index (χ3v) is 4.82. The number of rotatable bonds is 5. The van der Waals surface area contributed by atoms with Gasteiger partial charge in [-0.3, -0.25) is 4.90 Å². The van der Waals surface area contributed by atoms with Gasteiger partial charge in [-0.05, 0) is 50.0 Å². The van der Waals surface area contributed by atoms with Crippen LogP contribution in [0, 0.1) is 0 Å². The van der Waals surface area contributed by atoms with Gasteiger partial charge in [0.05, 0.1) is 5.75 Å². The Hall–Kier alpha value is -0.430. The average molecular weight is 347 g/mol. The van der Waals surface area contributed by atoms with Crippen LogP contribution in [0.25, 0.3) is 0 Å². The third kappa shape index (κ3) is 4.56. The van der Waals surface area contributed by atoms with Gasteiger partial charge in [0.2, 0.25) is 10.0 Å². The van der Waals surface area contributed by atoms with Gasteiger partial charge in [-0.1, -0.05) is 28.1 Å². The number of nitrogens with two attached hydrogens (primary N) is 1. The molecule has 106 valence electrons. The lowest BCUT2D eigenvalue weighted by atomic mass is 10.0. The first-order chi connectivity index (χ1) is 8.96. The second-order valence-corrected chi connectivity index (χ2v) is 7.62. The van der Waals surface area contributed by atoms with Gasteiger partial charge in [-0.2, -0.15) is 0 Å². The van der Waals surface area contributed by atoms with E-state index in [9.17, 15) is 8.42 Å². The highest BCUT2D eigenvalue weighted by atomic mass is 79.9. The van der Waals surface area contributed by atoms with Crippen LogP contribution in [0.2, 0.25) is 0 Å². The second kappa shape index (κ2) is 6.35. The van der Waals surface area contributed by atoms with E-state index < -0.39 is 10.0 Å². The fourth-order valence-corrected chi connectivity index (χ4v) is 3.60. The van der Waals surface area contributed by atoms with Crippen molar-refractivity contribution in [3.63, 3.8) is 0 Å². The van der Waals surface area contributed by atoms with Crippen molar-refractivity contribution in [3.8, 4) is 0 Å². The number of hydrogen-bond acceptors (Lipinski definition) is 3. The number of sulfonamides is 1. The molecule has 1 saturated heterocycles. The largest absolute Gasteiger partial charge is 0.296 e. The molecule has 1 aromatic rings. The van der Waals surface area contributed by atoms with Crippen LogP contribution >= 0.6 is 15.9 Å². The summed E-state index contributed by atoms with van der Waals surface area (Å²) < 4.78 is 23.0. The first-order valence-corrected chi connectivity index (χ1v) is 8.96. The molecule has 0 amide bonds. The average Bonchev–Trinajstić information content (AvgIpc) is 2.75. The van der Waals surface area contributed by atoms with Crippen molar-refractivity contribution in [2.24, 2.45) is 5.14 Å². The van der Waals surface area contributed by atoms with Gasteiger partial charge in [0.25, 0.3) is 0 Å². The normalized spacial score (nSPS) is 20.8. The van der Waals surface area contributed by atoms with Crippen molar-refractivity contribution < 1.29 is 8.42 Å². The monoisotopic (exact) mass is 346 g/mol. The molecule has 19 heavy (non-hydrogen) atoms. The molecule has 6 heteroatoms. The van der Waals surface area contributed by atoms with Gasteiger partial charge in [0.1, 0.15) is 0 Å². The van der Waals surface area contributed by atoms with E-state index in [0.717, 1.165) is 30.4 Å². The van der Waals surface area contributed by atoms with Crippen molar-refractivity contribution in [3.05, 3.63) is 34.3 Å². The van der Waals surface area contributed by atoms with Crippen LogP contribution in [0.3, 0.4) is 0 Å². The summed E-state index contributed by atoms with van der Waals surface area (Å²) in [5.41, 5.74) is 1.29. The predicted octanol–water partition coefficient (Wildman–Crippen LogP) is 2.26. The van der Waals surface area contributed by atoms with Crippen LogP contribution in [0.4, 0.5) is 0 Å². The fourth-order valence-electron chi connectivity index (χ4n) is 2.65.